The van der Waals surface area contributed by atoms with E-state index in [-0.39, 0.29) is 17.5 Å². The van der Waals surface area contributed by atoms with Crippen LogP contribution in [0.5, 0.6) is 0 Å². The third kappa shape index (κ3) is 2.42. The Hall–Kier alpha value is -0.570. The molecule has 3 aliphatic rings. The molecule has 3 nitrogen and oxygen atoms in total. The van der Waals surface area contributed by atoms with Crippen molar-refractivity contribution in [1.29, 1.82) is 0 Å². The van der Waals surface area contributed by atoms with E-state index in [2.05, 4.69) is 13.8 Å². The monoisotopic (exact) mass is 294 g/mol. The molecule has 6 unspecified atom stereocenters. The number of carbonyl (C=O) groups excluding carboxylic acids is 1. The summed E-state index contributed by atoms with van der Waals surface area (Å²) < 4.78 is 5.05. The third-order valence-corrected chi connectivity index (χ3v) is 7.21. The Kier molecular flexibility index (Phi) is 3.84. The molecule has 3 saturated carbocycles. The van der Waals surface area contributed by atoms with Crippen LogP contribution >= 0.6 is 0 Å². The van der Waals surface area contributed by atoms with Crippen LogP contribution in [-0.2, 0) is 9.53 Å². The second-order valence-electron chi connectivity index (χ2n) is 8.37. The minimum atomic E-state index is -0.271. The van der Waals surface area contributed by atoms with Crippen molar-refractivity contribution in [2.75, 3.05) is 7.11 Å². The molecule has 0 aliphatic heterocycles. The van der Waals surface area contributed by atoms with Gasteiger partial charge in [-0.3, -0.25) is 4.79 Å². The highest BCUT2D eigenvalue weighted by molar-refractivity contribution is 5.76. The number of hydrogen-bond donors (Lipinski definition) is 1. The smallest absolute Gasteiger partial charge is 0.311 e. The van der Waals surface area contributed by atoms with E-state index in [4.69, 9.17) is 4.74 Å². The molecule has 0 spiro atoms. The van der Waals surface area contributed by atoms with Crippen LogP contribution in [0.1, 0.15) is 65.2 Å². The minimum absolute atomic E-state index is 0.0210. The van der Waals surface area contributed by atoms with Gasteiger partial charge in [-0.2, -0.15) is 0 Å². The first kappa shape index (κ1) is 15.3. The summed E-state index contributed by atoms with van der Waals surface area (Å²) in [6.07, 6.45) is 8.60. The lowest BCUT2D eigenvalue weighted by Gasteiger charge is -2.58. The fourth-order valence-corrected chi connectivity index (χ4v) is 5.88. The molecule has 0 saturated heterocycles. The van der Waals surface area contributed by atoms with Crippen LogP contribution < -0.4 is 0 Å². The zero-order valence-corrected chi connectivity index (χ0v) is 13.7. The van der Waals surface area contributed by atoms with Crippen LogP contribution in [-0.4, -0.2) is 24.3 Å². The summed E-state index contributed by atoms with van der Waals surface area (Å²) in [4.78, 5) is 12.1. The average Bonchev–Trinajstić information content (AvgIpc) is 2.47. The number of fused-ring (bicyclic) bond motifs is 3. The summed E-state index contributed by atoms with van der Waals surface area (Å²) in [7, 11) is 1.51. The Morgan fingerprint density at radius 3 is 2.62 bits per heavy atom. The van der Waals surface area contributed by atoms with Gasteiger partial charge < -0.3 is 9.84 Å². The Bertz CT molecular complexity index is 421. The van der Waals surface area contributed by atoms with Crippen LogP contribution in [0.3, 0.4) is 0 Å². The molecule has 0 aromatic carbocycles. The van der Waals surface area contributed by atoms with Crippen molar-refractivity contribution in [1.82, 2.24) is 0 Å². The Morgan fingerprint density at radius 2 is 1.90 bits per heavy atom. The van der Waals surface area contributed by atoms with E-state index >= 15 is 0 Å². The highest BCUT2D eigenvalue weighted by Gasteiger charge is 2.54. The van der Waals surface area contributed by atoms with Gasteiger partial charge in [0, 0.05) is 0 Å². The maximum Gasteiger partial charge on any atom is 0.311 e. The molecule has 21 heavy (non-hydrogen) atoms. The molecule has 0 aromatic heterocycles. The van der Waals surface area contributed by atoms with Crippen molar-refractivity contribution in [3.05, 3.63) is 0 Å². The first-order chi connectivity index (χ1) is 9.89. The highest BCUT2D eigenvalue weighted by Crippen LogP contribution is 2.61. The maximum absolute atomic E-state index is 12.1. The van der Waals surface area contributed by atoms with Crippen molar-refractivity contribution in [2.24, 2.45) is 28.6 Å². The van der Waals surface area contributed by atoms with Crippen molar-refractivity contribution in [3.63, 3.8) is 0 Å². The molecule has 1 N–H and O–H groups in total. The zero-order chi connectivity index (χ0) is 15.3. The van der Waals surface area contributed by atoms with Gasteiger partial charge in [-0.05, 0) is 81.5 Å². The first-order valence-electron chi connectivity index (χ1n) is 8.65. The van der Waals surface area contributed by atoms with Gasteiger partial charge in [-0.1, -0.05) is 6.92 Å². The number of methoxy groups -OCH3 is 1. The standard InChI is InChI=1S/C18H30O3/c1-17(16(20)21-3)8-7-15-12(11-17)4-5-13-10-14(19)6-9-18(13,15)2/h12-15,19H,4-11H2,1-3H3. The van der Waals surface area contributed by atoms with Crippen LogP contribution in [0, 0.1) is 28.6 Å². The number of hydrogen-bond acceptors (Lipinski definition) is 3. The third-order valence-electron chi connectivity index (χ3n) is 7.21. The predicted octanol–water partition coefficient (Wildman–Crippen LogP) is 3.54. The molecule has 0 heterocycles. The number of carbonyl (C=O) groups is 1. The number of aliphatic hydroxyl groups is 1. The van der Waals surface area contributed by atoms with E-state index in [1.807, 2.05) is 0 Å². The number of rotatable bonds is 1. The van der Waals surface area contributed by atoms with E-state index in [1.165, 1.54) is 20.0 Å². The molecule has 3 fully saturated rings. The summed E-state index contributed by atoms with van der Waals surface area (Å²) in [5.74, 6) is 2.07. The highest BCUT2D eigenvalue weighted by atomic mass is 16.5. The number of ether oxygens (including phenoxy) is 1. The normalized spacial score (nSPS) is 49.9. The molecule has 0 aromatic rings. The molecular weight excluding hydrogens is 264 g/mol. The summed E-state index contributed by atoms with van der Waals surface area (Å²) in [5.41, 5.74) is 0.118. The van der Waals surface area contributed by atoms with Gasteiger partial charge in [0.05, 0.1) is 18.6 Å². The van der Waals surface area contributed by atoms with Gasteiger partial charge in [-0.25, -0.2) is 0 Å². The fourth-order valence-electron chi connectivity index (χ4n) is 5.88. The Balaban J connectivity index is 1.78. The van der Waals surface area contributed by atoms with Gasteiger partial charge >= 0.3 is 5.97 Å². The van der Waals surface area contributed by atoms with E-state index < -0.39 is 0 Å². The molecule has 120 valence electrons. The number of esters is 1. The Morgan fingerprint density at radius 1 is 1.14 bits per heavy atom. The van der Waals surface area contributed by atoms with Crippen LogP contribution in [0.15, 0.2) is 0 Å². The van der Waals surface area contributed by atoms with Crippen LogP contribution in [0.25, 0.3) is 0 Å². The van der Waals surface area contributed by atoms with Crippen molar-refractivity contribution in [3.8, 4) is 0 Å². The summed E-state index contributed by atoms with van der Waals surface area (Å²) >= 11 is 0. The topological polar surface area (TPSA) is 46.5 Å². The van der Waals surface area contributed by atoms with Crippen LogP contribution in [0.2, 0.25) is 0 Å². The Labute approximate surface area is 128 Å². The number of aliphatic hydroxyl groups excluding tert-OH is 1. The lowest BCUT2D eigenvalue weighted by atomic mass is 9.47. The molecular formula is C18H30O3. The average molecular weight is 294 g/mol. The second-order valence-corrected chi connectivity index (χ2v) is 8.37. The predicted molar refractivity (Wildman–Crippen MR) is 81.6 cm³/mol. The first-order valence-corrected chi connectivity index (χ1v) is 8.65. The zero-order valence-electron chi connectivity index (χ0n) is 13.7. The minimum Gasteiger partial charge on any atom is -0.469 e. The van der Waals surface area contributed by atoms with E-state index in [9.17, 15) is 9.90 Å². The molecule has 3 heteroatoms. The largest absolute Gasteiger partial charge is 0.469 e. The summed E-state index contributed by atoms with van der Waals surface area (Å²) in [5, 5.41) is 9.99. The molecule has 6 atom stereocenters. The molecule has 0 bridgehead atoms. The van der Waals surface area contributed by atoms with Gasteiger partial charge in [0.2, 0.25) is 0 Å². The molecule has 3 rings (SSSR count). The van der Waals surface area contributed by atoms with E-state index in [1.54, 1.807) is 0 Å². The van der Waals surface area contributed by atoms with Crippen LogP contribution in [0.4, 0.5) is 0 Å². The van der Waals surface area contributed by atoms with Gasteiger partial charge in [0.15, 0.2) is 0 Å². The lowest BCUT2D eigenvalue weighted by molar-refractivity contribution is -0.161. The summed E-state index contributed by atoms with van der Waals surface area (Å²) in [6.45, 7) is 4.55. The summed E-state index contributed by atoms with van der Waals surface area (Å²) in [6, 6.07) is 0. The van der Waals surface area contributed by atoms with Gasteiger partial charge in [0.25, 0.3) is 0 Å². The quantitative estimate of drug-likeness (QED) is 0.752. The lowest BCUT2D eigenvalue weighted by Crippen LogP contribution is -2.51. The SMILES string of the molecule is COC(=O)C1(C)CCC2C(CCC3CC(O)CCC32C)C1. The van der Waals surface area contributed by atoms with E-state index in [0.717, 1.165) is 44.4 Å². The van der Waals surface area contributed by atoms with Crippen molar-refractivity contribution < 1.29 is 14.6 Å². The van der Waals surface area contributed by atoms with Gasteiger partial charge in [-0.15, -0.1) is 0 Å². The van der Waals surface area contributed by atoms with Crippen molar-refractivity contribution in [2.45, 2.75) is 71.3 Å². The molecule has 0 amide bonds. The van der Waals surface area contributed by atoms with Crippen molar-refractivity contribution >= 4 is 5.97 Å². The second kappa shape index (κ2) is 5.26. The molecule has 0 radical (unpaired) electrons. The molecule has 3 aliphatic carbocycles. The maximum atomic E-state index is 12.1. The van der Waals surface area contributed by atoms with E-state index in [0.29, 0.717) is 17.3 Å². The fraction of sp³-hybridized carbons (Fsp3) is 0.944. The van der Waals surface area contributed by atoms with Gasteiger partial charge in [0.1, 0.15) is 0 Å².